The van der Waals surface area contributed by atoms with Crippen LogP contribution in [-0.2, 0) is 9.53 Å². The minimum Gasteiger partial charge on any atom is -0.378 e. The topological polar surface area (TPSA) is 83.1 Å². The average Bonchev–Trinajstić information content (AvgIpc) is 3.14. The second kappa shape index (κ2) is 8.96. The first kappa shape index (κ1) is 22.6. The van der Waals surface area contributed by atoms with E-state index in [9.17, 15) is 14.4 Å². The Bertz CT molecular complexity index is 1420. The third-order valence-electron chi connectivity index (χ3n) is 7.17. The van der Waals surface area contributed by atoms with Gasteiger partial charge in [-0.25, -0.2) is 4.98 Å². The molecule has 2 saturated heterocycles. The Kier molecular flexibility index (Phi) is 5.62. The number of pyridine rings is 1. The zero-order valence-electron chi connectivity index (χ0n) is 20.0. The number of aromatic nitrogens is 1. The molecule has 0 spiro atoms. The summed E-state index contributed by atoms with van der Waals surface area (Å²) in [7, 11) is 0. The first-order valence-electron chi connectivity index (χ1n) is 12.2. The van der Waals surface area contributed by atoms with Crippen LogP contribution >= 0.6 is 0 Å². The van der Waals surface area contributed by atoms with E-state index in [4.69, 9.17) is 9.72 Å². The standard InChI is InChI=1S/C28H26N4O4/c1-18(33)32-25-9-5-3-7-22(25)27(34)26(32)15-19-14-23(21-6-2-4-8-24(21)29-19)28(35)31-12-10-30(11-13-31)20-16-36-17-20/h2-9,14-15,20H,10-13,16-17H2,1H3/b26-15+. The van der Waals surface area contributed by atoms with Gasteiger partial charge in [0.1, 0.15) is 0 Å². The fourth-order valence-electron chi connectivity index (χ4n) is 5.18. The number of carbonyl (C=O) groups excluding carboxylic acids is 3. The van der Waals surface area contributed by atoms with Crippen LogP contribution in [0.2, 0.25) is 0 Å². The number of allylic oxidation sites excluding steroid dienone is 1. The zero-order chi connectivity index (χ0) is 24.8. The Morgan fingerprint density at radius 2 is 1.72 bits per heavy atom. The summed E-state index contributed by atoms with van der Waals surface area (Å²) in [5.41, 5.74) is 2.95. The number of ketones is 1. The lowest BCUT2D eigenvalue weighted by Gasteiger charge is -2.42. The maximum Gasteiger partial charge on any atom is 0.254 e. The number of ether oxygens (including phenoxy) is 1. The normalized spacial score (nSPS) is 19.6. The van der Waals surface area contributed by atoms with E-state index >= 15 is 0 Å². The molecular formula is C28H26N4O4. The van der Waals surface area contributed by atoms with Crippen molar-refractivity contribution < 1.29 is 19.1 Å². The van der Waals surface area contributed by atoms with Crippen molar-refractivity contribution in [2.75, 3.05) is 44.3 Å². The third-order valence-corrected chi connectivity index (χ3v) is 7.17. The smallest absolute Gasteiger partial charge is 0.254 e. The molecule has 0 unspecified atom stereocenters. The highest BCUT2D eigenvalue weighted by molar-refractivity contribution is 6.26. The molecule has 3 aromatic rings. The second-order valence-corrected chi connectivity index (χ2v) is 9.36. The number of hydrogen-bond acceptors (Lipinski definition) is 6. The van der Waals surface area contributed by atoms with Gasteiger partial charge in [0, 0.05) is 44.1 Å². The molecule has 2 amide bonds. The number of hydrogen-bond donors (Lipinski definition) is 0. The van der Waals surface area contributed by atoms with Gasteiger partial charge in [0.05, 0.1) is 47.4 Å². The van der Waals surface area contributed by atoms with E-state index in [1.807, 2.05) is 29.2 Å². The van der Waals surface area contributed by atoms with Crippen LogP contribution in [0.4, 0.5) is 5.69 Å². The van der Waals surface area contributed by atoms with E-state index in [-0.39, 0.29) is 23.3 Å². The van der Waals surface area contributed by atoms with Crippen molar-refractivity contribution in [3.8, 4) is 0 Å². The van der Waals surface area contributed by atoms with E-state index in [0.717, 1.165) is 31.7 Å². The molecule has 0 saturated carbocycles. The van der Waals surface area contributed by atoms with Gasteiger partial charge >= 0.3 is 0 Å². The number of benzene rings is 2. The maximum atomic E-state index is 13.7. The Morgan fingerprint density at radius 1 is 1.00 bits per heavy atom. The molecule has 4 heterocycles. The van der Waals surface area contributed by atoms with Gasteiger partial charge in [0.15, 0.2) is 0 Å². The fourth-order valence-corrected chi connectivity index (χ4v) is 5.18. The van der Waals surface area contributed by atoms with E-state index in [1.165, 1.54) is 11.8 Å². The highest BCUT2D eigenvalue weighted by Gasteiger charge is 2.35. The number of carbonyl (C=O) groups is 3. The highest BCUT2D eigenvalue weighted by Crippen LogP contribution is 2.35. The summed E-state index contributed by atoms with van der Waals surface area (Å²) in [6.45, 7) is 5.89. The Labute approximate surface area is 208 Å². The van der Waals surface area contributed by atoms with Crippen molar-refractivity contribution in [2.45, 2.75) is 13.0 Å². The van der Waals surface area contributed by atoms with Crippen LogP contribution in [0.3, 0.4) is 0 Å². The zero-order valence-corrected chi connectivity index (χ0v) is 20.0. The molecule has 0 N–H and O–H groups in total. The fraction of sp³-hybridized carbons (Fsp3) is 0.286. The predicted molar refractivity (Wildman–Crippen MR) is 136 cm³/mol. The molecule has 36 heavy (non-hydrogen) atoms. The molecule has 8 nitrogen and oxygen atoms in total. The summed E-state index contributed by atoms with van der Waals surface area (Å²) in [4.78, 5) is 49.7. The summed E-state index contributed by atoms with van der Waals surface area (Å²) < 4.78 is 5.31. The molecular weight excluding hydrogens is 456 g/mol. The molecule has 182 valence electrons. The summed E-state index contributed by atoms with van der Waals surface area (Å²) in [5, 5.41) is 0.768. The minimum absolute atomic E-state index is 0.0535. The lowest BCUT2D eigenvalue weighted by atomic mass is 10.0. The molecule has 3 aliphatic heterocycles. The van der Waals surface area contributed by atoms with Gasteiger partial charge in [-0.05, 0) is 30.3 Å². The van der Waals surface area contributed by atoms with Gasteiger partial charge in [-0.2, -0.15) is 0 Å². The lowest BCUT2D eigenvalue weighted by molar-refractivity contribution is -0.116. The Hall–Kier alpha value is -3.88. The molecule has 3 aliphatic rings. The molecule has 8 heteroatoms. The van der Waals surface area contributed by atoms with Crippen molar-refractivity contribution in [3.05, 3.63) is 77.1 Å². The third kappa shape index (κ3) is 3.79. The summed E-state index contributed by atoms with van der Waals surface area (Å²) in [5.74, 6) is -0.548. The van der Waals surface area contributed by atoms with Crippen LogP contribution in [-0.4, -0.2) is 77.8 Å². The van der Waals surface area contributed by atoms with Crippen LogP contribution in [0, 0.1) is 0 Å². The van der Waals surface area contributed by atoms with Gasteiger partial charge < -0.3 is 9.64 Å². The van der Waals surface area contributed by atoms with Gasteiger partial charge in [0.2, 0.25) is 11.7 Å². The summed E-state index contributed by atoms with van der Waals surface area (Å²) >= 11 is 0. The minimum atomic E-state index is -0.258. The van der Waals surface area contributed by atoms with Crippen LogP contribution < -0.4 is 4.90 Å². The number of amides is 2. The molecule has 0 aliphatic carbocycles. The number of rotatable bonds is 3. The van der Waals surface area contributed by atoms with Gasteiger partial charge in [-0.1, -0.05) is 30.3 Å². The number of fused-ring (bicyclic) bond motifs is 2. The lowest BCUT2D eigenvalue weighted by Crippen LogP contribution is -2.57. The number of para-hydroxylation sites is 2. The number of anilines is 1. The molecule has 1 aromatic heterocycles. The van der Waals surface area contributed by atoms with Gasteiger partial charge in [-0.15, -0.1) is 0 Å². The molecule has 0 atom stereocenters. The van der Waals surface area contributed by atoms with Crippen LogP contribution in [0.5, 0.6) is 0 Å². The van der Waals surface area contributed by atoms with E-state index in [2.05, 4.69) is 4.90 Å². The van der Waals surface area contributed by atoms with Crippen LogP contribution in [0.25, 0.3) is 17.0 Å². The maximum absolute atomic E-state index is 13.7. The van der Waals surface area contributed by atoms with Gasteiger partial charge in [0.25, 0.3) is 5.91 Å². The first-order valence-corrected chi connectivity index (χ1v) is 12.2. The quantitative estimate of drug-likeness (QED) is 0.534. The monoisotopic (exact) mass is 482 g/mol. The number of nitrogens with zero attached hydrogens (tertiary/aromatic N) is 4. The molecule has 2 fully saturated rings. The number of piperazine rings is 1. The van der Waals surface area contributed by atoms with Crippen molar-refractivity contribution in [3.63, 3.8) is 0 Å². The summed E-state index contributed by atoms with van der Waals surface area (Å²) in [6.07, 6.45) is 1.61. The summed E-state index contributed by atoms with van der Waals surface area (Å²) in [6, 6.07) is 16.8. The molecule has 0 bridgehead atoms. The highest BCUT2D eigenvalue weighted by atomic mass is 16.5. The van der Waals surface area contributed by atoms with Crippen molar-refractivity contribution in [1.29, 1.82) is 0 Å². The van der Waals surface area contributed by atoms with E-state index in [1.54, 1.807) is 36.4 Å². The predicted octanol–water partition coefficient (Wildman–Crippen LogP) is 2.98. The number of Topliss-reactive ketones (excluding diaryl/α,β-unsaturated/α-hetero) is 1. The van der Waals surface area contributed by atoms with Crippen molar-refractivity contribution in [2.24, 2.45) is 0 Å². The van der Waals surface area contributed by atoms with Crippen molar-refractivity contribution in [1.82, 2.24) is 14.8 Å². The molecule has 6 rings (SSSR count). The van der Waals surface area contributed by atoms with Crippen LogP contribution in [0.15, 0.2) is 60.3 Å². The SMILES string of the molecule is CC(=O)N1/C(=C/c2cc(C(=O)N3CCN(C4COC4)CC3)c3ccccc3n2)C(=O)c2ccccc21. The average molecular weight is 483 g/mol. The molecule has 0 radical (unpaired) electrons. The second-order valence-electron chi connectivity index (χ2n) is 9.36. The Morgan fingerprint density at radius 3 is 2.44 bits per heavy atom. The largest absolute Gasteiger partial charge is 0.378 e. The molecule has 2 aromatic carbocycles. The van der Waals surface area contributed by atoms with Crippen molar-refractivity contribution >= 4 is 40.3 Å². The van der Waals surface area contributed by atoms with Crippen LogP contribution in [0.1, 0.15) is 33.3 Å². The Balaban J connectivity index is 1.36. The van der Waals surface area contributed by atoms with Gasteiger partial charge in [-0.3, -0.25) is 24.2 Å². The van der Waals surface area contributed by atoms with E-state index < -0.39 is 0 Å². The first-order chi connectivity index (χ1) is 17.5. The van der Waals surface area contributed by atoms with E-state index in [0.29, 0.717) is 47.2 Å².